The third-order valence-electron chi connectivity index (χ3n) is 2.85. The number of rotatable bonds is 3. The van der Waals surface area contributed by atoms with Crippen LogP contribution in [0.25, 0.3) is 0 Å². The van der Waals surface area contributed by atoms with Crippen LogP contribution < -0.4 is 10.5 Å². The van der Waals surface area contributed by atoms with Crippen molar-refractivity contribution < 1.29 is 16.8 Å². The van der Waals surface area contributed by atoms with Gasteiger partial charge in [-0.3, -0.25) is 0 Å². The van der Waals surface area contributed by atoms with E-state index in [1.165, 1.54) is 18.2 Å². The molecule has 1 atom stereocenters. The molecular weight excluding hydrogens is 288 g/mol. The quantitative estimate of drug-likeness (QED) is 0.774. The number of hydrogen-bond acceptors (Lipinski definition) is 5. The van der Waals surface area contributed by atoms with E-state index < -0.39 is 25.9 Å². The molecule has 8 heteroatoms. The highest BCUT2D eigenvalue weighted by atomic mass is 32.2. The molecule has 0 aromatic heterocycles. The summed E-state index contributed by atoms with van der Waals surface area (Å²) in [5.74, 6) is -0.256. The van der Waals surface area contributed by atoms with E-state index in [0.717, 1.165) is 5.41 Å². The maximum Gasteiger partial charge on any atom is 0.241 e. The molecule has 104 valence electrons. The molecule has 0 bridgehead atoms. The third-order valence-corrected chi connectivity index (χ3v) is 5.88. The normalized spacial score (nSPS) is 21.6. The molecule has 0 aliphatic carbocycles. The molecule has 0 radical (unpaired) electrons. The highest BCUT2D eigenvalue weighted by Gasteiger charge is 2.27. The number of nitrogens with one attached hydrogen (secondary N) is 1. The molecule has 0 saturated carbocycles. The van der Waals surface area contributed by atoms with Crippen molar-refractivity contribution in [1.82, 2.24) is 4.72 Å². The van der Waals surface area contributed by atoms with Crippen LogP contribution in [-0.4, -0.2) is 28.6 Å². The van der Waals surface area contributed by atoms with Crippen LogP contribution in [0.15, 0.2) is 34.6 Å². The number of anilines is 1. The van der Waals surface area contributed by atoms with Gasteiger partial charge >= 0.3 is 0 Å². The van der Waals surface area contributed by atoms with E-state index in [9.17, 15) is 16.8 Å². The summed E-state index contributed by atoms with van der Waals surface area (Å²) >= 11 is 0. The molecular formula is C11H14N2O4S2. The lowest BCUT2D eigenvalue weighted by molar-refractivity contribution is 0.574. The van der Waals surface area contributed by atoms with Crippen LogP contribution in [-0.2, 0) is 19.9 Å². The van der Waals surface area contributed by atoms with Crippen molar-refractivity contribution in [1.29, 1.82) is 0 Å². The lowest BCUT2D eigenvalue weighted by atomic mass is 10.2. The molecule has 0 saturated heterocycles. The summed E-state index contributed by atoms with van der Waals surface area (Å²) in [6.07, 6.45) is 1.33. The lowest BCUT2D eigenvalue weighted by Crippen LogP contribution is -2.35. The maximum atomic E-state index is 12.2. The smallest absolute Gasteiger partial charge is 0.241 e. The molecule has 19 heavy (non-hydrogen) atoms. The molecule has 3 N–H and O–H groups in total. The van der Waals surface area contributed by atoms with E-state index in [1.54, 1.807) is 13.0 Å². The SMILES string of the molecule is Cc1c(N)cccc1S(=O)(=O)NC1C=CS(=O)(=O)C1. The van der Waals surface area contributed by atoms with Gasteiger partial charge in [0.15, 0.2) is 9.84 Å². The van der Waals surface area contributed by atoms with Crippen molar-refractivity contribution in [3.05, 3.63) is 35.2 Å². The first-order valence-electron chi connectivity index (χ1n) is 5.50. The minimum atomic E-state index is -3.79. The van der Waals surface area contributed by atoms with Crippen LogP contribution >= 0.6 is 0 Å². The van der Waals surface area contributed by atoms with E-state index in [2.05, 4.69) is 4.72 Å². The zero-order valence-corrected chi connectivity index (χ0v) is 11.8. The topological polar surface area (TPSA) is 106 Å². The second-order valence-corrected chi connectivity index (χ2v) is 7.97. The third kappa shape index (κ3) is 2.96. The van der Waals surface area contributed by atoms with Crippen molar-refractivity contribution in [3.63, 3.8) is 0 Å². The average molecular weight is 302 g/mol. The van der Waals surface area contributed by atoms with Gasteiger partial charge in [-0.1, -0.05) is 12.1 Å². The number of sulfonamides is 1. The van der Waals surface area contributed by atoms with Gasteiger partial charge in [-0.25, -0.2) is 21.6 Å². The zero-order chi connectivity index (χ0) is 14.3. The lowest BCUT2D eigenvalue weighted by Gasteiger charge is -2.13. The Morgan fingerprint density at radius 2 is 2.05 bits per heavy atom. The summed E-state index contributed by atoms with van der Waals surface area (Å²) in [6.45, 7) is 1.60. The largest absolute Gasteiger partial charge is 0.398 e. The average Bonchev–Trinajstić information content (AvgIpc) is 2.61. The first-order valence-corrected chi connectivity index (χ1v) is 8.69. The Balaban J connectivity index is 2.30. The Morgan fingerprint density at radius 3 is 2.63 bits per heavy atom. The van der Waals surface area contributed by atoms with Gasteiger partial charge < -0.3 is 5.73 Å². The van der Waals surface area contributed by atoms with Gasteiger partial charge in [0.25, 0.3) is 0 Å². The highest BCUT2D eigenvalue weighted by molar-refractivity contribution is 7.94. The maximum absolute atomic E-state index is 12.2. The van der Waals surface area contributed by atoms with E-state index in [0.29, 0.717) is 11.3 Å². The summed E-state index contributed by atoms with van der Waals surface area (Å²) in [5, 5.41) is 1.02. The fraction of sp³-hybridized carbons (Fsp3) is 0.273. The Labute approximate surface area is 112 Å². The molecule has 1 aliphatic rings. The predicted molar refractivity (Wildman–Crippen MR) is 72.6 cm³/mol. The number of benzene rings is 1. The van der Waals surface area contributed by atoms with Gasteiger partial charge in [-0.15, -0.1) is 0 Å². The molecule has 6 nitrogen and oxygen atoms in total. The number of nitrogens with two attached hydrogens (primary N) is 1. The minimum absolute atomic E-state index is 0.0604. The molecule has 0 amide bonds. The highest BCUT2D eigenvalue weighted by Crippen LogP contribution is 2.21. The standard InChI is InChI=1S/C11H14N2O4S2/c1-8-10(12)3-2-4-11(8)19(16,17)13-9-5-6-18(14,15)7-9/h2-6,9,13H,7,12H2,1H3. The number of hydrogen-bond donors (Lipinski definition) is 2. The Kier molecular flexibility index (Phi) is 3.41. The van der Waals surface area contributed by atoms with E-state index in [-0.39, 0.29) is 10.6 Å². The second kappa shape index (κ2) is 4.62. The first kappa shape index (κ1) is 14.0. The van der Waals surface area contributed by atoms with Crippen molar-refractivity contribution in [3.8, 4) is 0 Å². The Hall–Kier alpha value is -1.38. The van der Waals surface area contributed by atoms with Gasteiger partial charge in [0.2, 0.25) is 10.0 Å². The van der Waals surface area contributed by atoms with Gasteiger partial charge in [0.1, 0.15) is 0 Å². The molecule has 0 spiro atoms. The van der Waals surface area contributed by atoms with Gasteiger partial charge in [-0.2, -0.15) is 0 Å². The number of nitrogen functional groups attached to an aromatic ring is 1. The van der Waals surface area contributed by atoms with Gasteiger partial charge in [0, 0.05) is 11.1 Å². The van der Waals surface area contributed by atoms with Gasteiger partial charge in [-0.05, 0) is 24.6 Å². The first-order chi connectivity index (χ1) is 8.71. The summed E-state index contributed by atoms with van der Waals surface area (Å²) < 4.78 is 49.2. The van der Waals surface area contributed by atoms with Crippen molar-refractivity contribution in [2.75, 3.05) is 11.5 Å². The second-order valence-electron chi connectivity index (χ2n) is 4.36. The van der Waals surface area contributed by atoms with Crippen LogP contribution in [0.1, 0.15) is 5.56 Å². The van der Waals surface area contributed by atoms with E-state index >= 15 is 0 Å². The molecule has 1 aromatic carbocycles. The van der Waals surface area contributed by atoms with Crippen LogP contribution in [0, 0.1) is 6.92 Å². The summed E-state index contributed by atoms with van der Waals surface area (Å²) in [6, 6.07) is 3.84. The van der Waals surface area contributed by atoms with Crippen LogP contribution in [0.3, 0.4) is 0 Å². The van der Waals surface area contributed by atoms with Crippen LogP contribution in [0.5, 0.6) is 0 Å². The number of sulfone groups is 1. The molecule has 0 fully saturated rings. The summed E-state index contributed by atoms with van der Waals surface area (Å²) in [4.78, 5) is 0.0604. The molecule has 1 heterocycles. The zero-order valence-electron chi connectivity index (χ0n) is 10.2. The molecule has 2 rings (SSSR count). The fourth-order valence-electron chi connectivity index (χ4n) is 1.83. The molecule has 1 aliphatic heterocycles. The van der Waals surface area contributed by atoms with E-state index in [1.807, 2.05) is 0 Å². The van der Waals surface area contributed by atoms with Gasteiger partial charge in [0.05, 0.1) is 16.7 Å². The monoisotopic (exact) mass is 302 g/mol. The molecule has 1 aromatic rings. The summed E-state index contributed by atoms with van der Waals surface area (Å²) in [7, 11) is -7.09. The summed E-state index contributed by atoms with van der Waals surface area (Å²) in [5.41, 5.74) is 6.48. The van der Waals surface area contributed by atoms with Crippen molar-refractivity contribution >= 4 is 25.5 Å². The molecule has 1 unspecified atom stereocenters. The minimum Gasteiger partial charge on any atom is -0.398 e. The fourth-order valence-corrected chi connectivity index (χ4v) is 4.64. The Bertz CT molecular complexity index is 736. The Morgan fingerprint density at radius 1 is 1.37 bits per heavy atom. The van der Waals surface area contributed by atoms with Crippen LogP contribution in [0.4, 0.5) is 5.69 Å². The van der Waals surface area contributed by atoms with Crippen molar-refractivity contribution in [2.45, 2.75) is 17.9 Å². The van der Waals surface area contributed by atoms with E-state index in [4.69, 9.17) is 5.73 Å². The predicted octanol–water partition coefficient (Wildman–Crippen LogP) is 0.166. The van der Waals surface area contributed by atoms with Crippen molar-refractivity contribution in [2.24, 2.45) is 0 Å². The van der Waals surface area contributed by atoms with Crippen LogP contribution in [0.2, 0.25) is 0 Å².